The van der Waals surface area contributed by atoms with Crippen molar-refractivity contribution in [2.45, 2.75) is 31.1 Å². The summed E-state index contributed by atoms with van der Waals surface area (Å²) >= 11 is 10.4. The standard InChI is InChI=1S/C16H17ClS/c1-16(2,3)13-7-4-11(5-8-13)12-6-9-15(18)14(17)10-12/h4-10,18H,1-3H3. The maximum Gasteiger partial charge on any atom is 0.0545 e. The van der Waals surface area contributed by atoms with Crippen molar-refractivity contribution in [1.29, 1.82) is 0 Å². The Balaban J connectivity index is 2.37. The second-order valence-corrected chi connectivity index (χ2v) is 6.38. The van der Waals surface area contributed by atoms with E-state index < -0.39 is 0 Å². The van der Waals surface area contributed by atoms with Crippen molar-refractivity contribution in [2.75, 3.05) is 0 Å². The summed E-state index contributed by atoms with van der Waals surface area (Å²) in [6.07, 6.45) is 0. The van der Waals surface area contributed by atoms with Gasteiger partial charge in [-0.2, -0.15) is 0 Å². The van der Waals surface area contributed by atoms with Crippen molar-refractivity contribution >= 4 is 24.2 Å². The van der Waals surface area contributed by atoms with Crippen LogP contribution < -0.4 is 0 Å². The van der Waals surface area contributed by atoms with Crippen molar-refractivity contribution in [3.8, 4) is 11.1 Å². The van der Waals surface area contributed by atoms with Gasteiger partial charge < -0.3 is 0 Å². The predicted octanol–water partition coefficient (Wildman–Crippen LogP) is 5.59. The number of rotatable bonds is 1. The zero-order valence-electron chi connectivity index (χ0n) is 10.9. The van der Waals surface area contributed by atoms with Crippen molar-refractivity contribution in [2.24, 2.45) is 0 Å². The molecule has 0 amide bonds. The molecular formula is C16H17ClS. The zero-order valence-corrected chi connectivity index (χ0v) is 12.5. The Kier molecular flexibility index (Phi) is 3.74. The van der Waals surface area contributed by atoms with Gasteiger partial charge in [-0.3, -0.25) is 0 Å². The first-order valence-corrected chi connectivity index (χ1v) is 6.80. The minimum Gasteiger partial charge on any atom is -0.142 e. The fourth-order valence-corrected chi connectivity index (χ4v) is 2.17. The number of benzene rings is 2. The Bertz CT molecular complexity index is 550. The van der Waals surface area contributed by atoms with Gasteiger partial charge in [-0.05, 0) is 34.2 Å². The molecule has 2 aromatic rings. The summed E-state index contributed by atoms with van der Waals surface area (Å²) in [4.78, 5) is 0.812. The molecule has 0 N–H and O–H groups in total. The van der Waals surface area contributed by atoms with E-state index in [-0.39, 0.29) is 5.41 Å². The molecule has 0 unspecified atom stereocenters. The largest absolute Gasteiger partial charge is 0.142 e. The highest BCUT2D eigenvalue weighted by molar-refractivity contribution is 7.80. The van der Waals surface area contributed by atoms with Crippen molar-refractivity contribution in [1.82, 2.24) is 0 Å². The fourth-order valence-electron chi connectivity index (χ4n) is 1.85. The third-order valence-electron chi connectivity index (χ3n) is 3.03. The molecule has 0 heterocycles. The molecule has 0 bridgehead atoms. The summed E-state index contributed by atoms with van der Waals surface area (Å²) in [6.45, 7) is 6.65. The maximum absolute atomic E-state index is 6.09. The molecule has 94 valence electrons. The Morgan fingerprint density at radius 1 is 0.889 bits per heavy atom. The van der Waals surface area contributed by atoms with Gasteiger partial charge in [0.2, 0.25) is 0 Å². The van der Waals surface area contributed by atoms with Gasteiger partial charge in [-0.15, -0.1) is 12.6 Å². The van der Waals surface area contributed by atoms with Gasteiger partial charge in [0.05, 0.1) is 5.02 Å². The number of thiol groups is 1. The van der Waals surface area contributed by atoms with Crippen LogP contribution in [0.5, 0.6) is 0 Å². The second-order valence-electron chi connectivity index (χ2n) is 5.49. The third kappa shape index (κ3) is 2.90. The topological polar surface area (TPSA) is 0 Å². The van der Waals surface area contributed by atoms with E-state index in [0.29, 0.717) is 5.02 Å². The van der Waals surface area contributed by atoms with Gasteiger partial charge in [0.15, 0.2) is 0 Å². The fraction of sp³-hybridized carbons (Fsp3) is 0.250. The highest BCUT2D eigenvalue weighted by Gasteiger charge is 2.13. The molecule has 18 heavy (non-hydrogen) atoms. The third-order valence-corrected chi connectivity index (χ3v) is 3.87. The van der Waals surface area contributed by atoms with Crippen LogP contribution in [0.3, 0.4) is 0 Å². The molecule has 2 aromatic carbocycles. The lowest BCUT2D eigenvalue weighted by Crippen LogP contribution is -2.10. The Labute approximate surface area is 119 Å². The van der Waals surface area contributed by atoms with E-state index in [1.807, 2.05) is 18.2 Å². The molecule has 0 radical (unpaired) electrons. The average molecular weight is 277 g/mol. The first-order chi connectivity index (χ1) is 8.38. The summed E-state index contributed by atoms with van der Waals surface area (Å²) in [7, 11) is 0. The minimum atomic E-state index is 0.186. The normalized spacial score (nSPS) is 11.6. The van der Waals surface area contributed by atoms with Crippen LogP contribution in [0.25, 0.3) is 11.1 Å². The first kappa shape index (κ1) is 13.5. The molecule has 0 aliphatic heterocycles. The molecule has 0 aromatic heterocycles. The zero-order chi connectivity index (χ0) is 13.3. The van der Waals surface area contributed by atoms with Gasteiger partial charge >= 0.3 is 0 Å². The molecule has 0 aliphatic rings. The van der Waals surface area contributed by atoms with E-state index in [9.17, 15) is 0 Å². The minimum absolute atomic E-state index is 0.186. The lowest BCUT2D eigenvalue weighted by Gasteiger charge is -2.19. The van der Waals surface area contributed by atoms with Crippen LogP contribution in [0, 0.1) is 0 Å². The van der Waals surface area contributed by atoms with Crippen molar-refractivity contribution < 1.29 is 0 Å². The van der Waals surface area contributed by atoms with Gasteiger partial charge in [-0.1, -0.05) is 62.7 Å². The van der Waals surface area contributed by atoms with Gasteiger partial charge in [0.25, 0.3) is 0 Å². The van der Waals surface area contributed by atoms with Crippen molar-refractivity contribution in [3.05, 3.63) is 53.1 Å². The molecule has 2 heteroatoms. The quantitative estimate of drug-likeness (QED) is 0.645. The number of hydrogen-bond donors (Lipinski definition) is 1. The molecular weight excluding hydrogens is 260 g/mol. The second kappa shape index (κ2) is 4.99. The molecule has 0 saturated carbocycles. The monoisotopic (exact) mass is 276 g/mol. The number of halogens is 1. The van der Waals surface area contributed by atoms with E-state index in [0.717, 1.165) is 10.5 Å². The Morgan fingerprint density at radius 3 is 1.94 bits per heavy atom. The highest BCUT2D eigenvalue weighted by atomic mass is 35.5. The van der Waals surface area contributed by atoms with E-state index >= 15 is 0 Å². The SMILES string of the molecule is CC(C)(C)c1ccc(-c2ccc(S)c(Cl)c2)cc1. The summed E-state index contributed by atoms with van der Waals surface area (Å²) in [6, 6.07) is 14.6. The van der Waals surface area contributed by atoms with Gasteiger partial charge in [-0.25, -0.2) is 0 Å². The Hall–Kier alpha value is -0.920. The molecule has 2 rings (SSSR count). The smallest absolute Gasteiger partial charge is 0.0545 e. The molecule has 0 fully saturated rings. The van der Waals surface area contributed by atoms with Gasteiger partial charge in [0, 0.05) is 4.90 Å². The van der Waals surface area contributed by atoms with Crippen LogP contribution in [0.2, 0.25) is 5.02 Å². The number of hydrogen-bond acceptors (Lipinski definition) is 1. The lowest BCUT2D eigenvalue weighted by atomic mass is 9.86. The van der Waals surface area contributed by atoms with E-state index in [1.54, 1.807) is 0 Å². The van der Waals surface area contributed by atoms with Crippen LogP contribution >= 0.6 is 24.2 Å². The summed E-state index contributed by atoms with van der Waals surface area (Å²) in [5, 5.41) is 0.690. The van der Waals surface area contributed by atoms with E-state index in [1.165, 1.54) is 11.1 Å². The van der Waals surface area contributed by atoms with Crippen LogP contribution in [0.1, 0.15) is 26.3 Å². The van der Waals surface area contributed by atoms with E-state index in [4.69, 9.17) is 11.6 Å². The average Bonchev–Trinajstić information content (AvgIpc) is 2.32. The molecule has 0 nitrogen and oxygen atoms in total. The summed E-state index contributed by atoms with van der Waals surface area (Å²) < 4.78 is 0. The van der Waals surface area contributed by atoms with Crippen LogP contribution in [0.15, 0.2) is 47.4 Å². The summed E-state index contributed by atoms with van der Waals surface area (Å²) in [5.74, 6) is 0. The highest BCUT2D eigenvalue weighted by Crippen LogP contribution is 2.29. The molecule has 0 aliphatic carbocycles. The Morgan fingerprint density at radius 2 is 1.44 bits per heavy atom. The molecule has 0 atom stereocenters. The lowest BCUT2D eigenvalue weighted by molar-refractivity contribution is 0.590. The predicted molar refractivity (Wildman–Crippen MR) is 82.8 cm³/mol. The molecule has 0 spiro atoms. The maximum atomic E-state index is 6.09. The van der Waals surface area contributed by atoms with Crippen LogP contribution in [-0.4, -0.2) is 0 Å². The van der Waals surface area contributed by atoms with Crippen LogP contribution in [-0.2, 0) is 5.41 Å². The summed E-state index contributed by atoms with van der Waals surface area (Å²) in [5.41, 5.74) is 3.82. The first-order valence-electron chi connectivity index (χ1n) is 5.97. The van der Waals surface area contributed by atoms with Gasteiger partial charge in [0.1, 0.15) is 0 Å². The van der Waals surface area contributed by atoms with E-state index in [2.05, 4.69) is 57.7 Å². The molecule has 0 saturated heterocycles. The van der Waals surface area contributed by atoms with Crippen molar-refractivity contribution in [3.63, 3.8) is 0 Å². The van der Waals surface area contributed by atoms with Crippen LogP contribution in [0.4, 0.5) is 0 Å².